The predicted octanol–water partition coefficient (Wildman–Crippen LogP) is 3.25. The minimum absolute atomic E-state index is 0.0745. The number of aryl methyl sites for hydroxylation is 1. The Labute approximate surface area is 114 Å². The Morgan fingerprint density at radius 3 is 2.53 bits per heavy atom. The summed E-state index contributed by atoms with van der Waals surface area (Å²) in [6.07, 6.45) is 2.39. The summed E-state index contributed by atoms with van der Waals surface area (Å²) in [5.41, 5.74) is 8.16. The Morgan fingerprint density at radius 1 is 1.16 bits per heavy atom. The highest BCUT2D eigenvalue weighted by Crippen LogP contribution is 2.26. The third-order valence-electron chi connectivity index (χ3n) is 3.19. The number of para-hydroxylation sites is 1. The molecule has 2 aromatic rings. The molecule has 0 saturated heterocycles. The van der Waals surface area contributed by atoms with Crippen LogP contribution in [0.15, 0.2) is 48.7 Å². The van der Waals surface area contributed by atoms with E-state index in [1.165, 1.54) is 0 Å². The average molecular weight is 256 g/mol. The molecule has 0 spiro atoms. The molecule has 0 aliphatic heterocycles. The summed E-state index contributed by atoms with van der Waals surface area (Å²) < 4.78 is 6.10. The van der Waals surface area contributed by atoms with E-state index >= 15 is 0 Å². The van der Waals surface area contributed by atoms with Crippen molar-refractivity contribution < 1.29 is 4.74 Å². The quantitative estimate of drug-likeness (QED) is 0.893. The van der Waals surface area contributed by atoms with Crippen LogP contribution in [0.1, 0.15) is 30.7 Å². The first-order chi connectivity index (χ1) is 9.22. The molecule has 1 aromatic carbocycles. The van der Waals surface area contributed by atoms with Crippen LogP contribution in [0.2, 0.25) is 0 Å². The fourth-order valence-electron chi connectivity index (χ4n) is 1.95. The van der Waals surface area contributed by atoms with Crippen molar-refractivity contribution in [2.45, 2.75) is 32.4 Å². The van der Waals surface area contributed by atoms with Crippen LogP contribution in [-0.4, -0.2) is 11.0 Å². The largest absolute Gasteiger partial charge is 0.482 e. The van der Waals surface area contributed by atoms with Gasteiger partial charge in [-0.15, -0.1) is 0 Å². The fourth-order valence-corrected chi connectivity index (χ4v) is 1.95. The predicted molar refractivity (Wildman–Crippen MR) is 77.1 cm³/mol. The Balaban J connectivity index is 2.27. The van der Waals surface area contributed by atoms with Crippen molar-refractivity contribution >= 4 is 0 Å². The zero-order valence-corrected chi connectivity index (χ0v) is 11.4. The fraction of sp³-hybridized carbons (Fsp3) is 0.312. The highest BCUT2D eigenvalue weighted by Gasteiger charge is 2.22. The minimum atomic E-state index is -0.215. The molecular formula is C16H20N2O. The Hall–Kier alpha value is -1.87. The third kappa shape index (κ3) is 3.32. The first kappa shape index (κ1) is 13.6. The number of rotatable bonds is 5. The highest BCUT2D eigenvalue weighted by atomic mass is 16.5. The molecule has 19 heavy (non-hydrogen) atoms. The van der Waals surface area contributed by atoms with Crippen LogP contribution >= 0.6 is 0 Å². The van der Waals surface area contributed by atoms with Crippen molar-refractivity contribution in [1.82, 2.24) is 4.98 Å². The van der Waals surface area contributed by atoms with Crippen molar-refractivity contribution in [3.63, 3.8) is 0 Å². The van der Waals surface area contributed by atoms with Crippen LogP contribution in [0.25, 0.3) is 0 Å². The van der Waals surface area contributed by atoms with Crippen molar-refractivity contribution in [3.8, 4) is 5.75 Å². The standard InChI is InChI=1S/C16H20N2O/c1-3-13(17)16(14-9-6-7-11-18-14)19-15-10-5-4-8-12(15)2/h4-11,13,16H,3,17H2,1-2H3. The summed E-state index contributed by atoms with van der Waals surface area (Å²) in [6, 6.07) is 13.7. The lowest BCUT2D eigenvalue weighted by atomic mass is 10.1. The molecule has 0 amide bonds. The molecule has 3 nitrogen and oxygen atoms in total. The molecule has 2 rings (SSSR count). The van der Waals surface area contributed by atoms with E-state index in [-0.39, 0.29) is 12.1 Å². The van der Waals surface area contributed by atoms with Gasteiger partial charge in [0.15, 0.2) is 6.10 Å². The van der Waals surface area contributed by atoms with E-state index in [1.807, 2.05) is 49.4 Å². The van der Waals surface area contributed by atoms with E-state index in [2.05, 4.69) is 11.9 Å². The second kappa shape index (κ2) is 6.34. The number of aromatic nitrogens is 1. The monoisotopic (exact) mass is 256 g/mol. The van der Waals surface area contributed by atoms with Gasteiger partial charge in [-0.05, 0) is 37.1 Å². The van der Waals surface area contributed by atoms with Crippen LogP contribution in [0.5, 0.6) is 5.75 Å². The number of benzene rings is 1. The lowest BCUT2D eigenvalue weighted by molar-refractivity contribution is 0.165. The zero-order valence-electron chi connectivity index (χ0n) is 11.4. The van der Waals surface area contributed by atoms with Gasteiger partial charge < -0.3 is 10.5 Å². The molecule has 0 aliphatic rings. The summed E-state index contributed by atoms with van der Waals surface area (Å²) in [6.45, 7) is 4.09. The van der Waals surface area contributed by atoms with Gasteiger partial charge in [0.1, 0.15) is 5.75 Å². The molecule has 0 fully saturated rings. The van der Waals surface area contributed by atoms with Gasteiger partial charge in [-0.1, -0.05) is 31.2 Å². The molecular weight excluding hydrogens is 236 g/mol. The number of nitrogens with zero attached hydrogens (tertiary/aromatic N) is 1. The number of nitrogens with two attached hydrogens (primary N) is 1. The van der Waals surface area contributed by atoms with Crippen molar-refractivity contribution in [2.75, 3.05) is 0 Å². The molecule has 0 bridgehead atoms. The first-order valence-corrected chi connectivity index (χ1v) is 6.61. The van der Waals surface area contributed by atoms with Crippen LogP contribution in [0, 0.1) is 6.92 Å². The van der Waals surface area contributed by atoms with Gasteiger partial charge in [0.05, 0.1) is 5.69 Å². The maximum Gasteiger partial charge on any atom is 0.155 e. The molecule has 2 N–H and O–H groups in total. The third-order valence-corrected chi connectivity index (χ3v) is 3.19. The highest BCUT2D eigenvalue weighted by molar-refractivity contribution is 5.32. The normalized spacial score (nSPS) is 13.8. The van der Waals surface area contributed by atoms with Crippen molar-refractivity contribution in [1.29, 1.82) is 0 Å². The number of pyridine rings is 1. The molecule has 2 unspecified atom stereocenters. The lowest BCUT2D eigenvalue weighted by Crippen LogP contribution is -2.32. The maximum atomic E-state index is 6.18. The van der Waals surface area contributed by atoms with E-state index < -0.39 is 0 Å². The summed E-state index contributed by atoms with van der Waals surface area (Å²) in [5, 5.41) is 0. The van der Waals surface area contributed by atoms with E-state index in [0.717, 1.165) is 23.4 Å². The molecule has 100 valence electrons. The van der Waals surface area contributed by atoms with Gasteiger partial charge in [-0.3, -0.25) is 4.98 Å². The minimum Gasteiger partial charge on any atom is -0.482 e. The van der Waals surface area contributed by atoms with Crippen LogP contribution in [-0.2, 0) is 0 Å². The molecule has 1 heterocycles. The van der Waals surface area contributed by atoms with Gasteiger partial charge in [0.25, 0.3) is 0 Å². The lowest BCUT2D eigenvalue weighted by Gasteiger charge is -2.24. The topological polar surface area (TPSA) is 48.1 Å². The summed E-state index contributed by atoms with van der Waals surface area (Å²) in [4.78, 5) is 4.37. The number of hydrogen-bond acceptors (Lipinski definition) is 3. The molecule has 2 atom stereocenters. The zero-order chi connectivity index (χ0) is 13.7. The van der Waals surface area contributed by atoms with Crippen molar-refractivity contribution in [3.05, 3.63) is 59.9 Å². The van der Waals surface area contributed by atoms with Gasteiger partial charge in [-0.25, -0.2) is 0 Å². The molecule has 0 radical (unpaired) electrons. The SMILES string of the molecule is CCC(N)C(Oc1ccccc1C)c1ccccn1. The van der Waals surface area contributed by atoms with Gasteiger partial charge in [0, 0.05) is 12.2 Å². The first-order valence-electron chi connectivity index (χ1n) is 6.61. The van der Waals surface area contributed by atoms with E-state index in [0.29, 0.717) is 0 Å². The average Bonchev–Trinajstić information content (AvgIpc) is 2.46. The number of ether oxygens (including phenoxy) is 1. The van der Waals surface area contributed by atoms with Crippen LogP contribution in [0.4, 0.5) is 0 Å². The Morgan fingerprint density at radius 2 is 1.89 bits per heavy atom. The van der Waals surface area contributed by atoms with E-state index in [1.54, 1.807) is 6.20 Å². The summed E-state index contributed by atoms with van der Waals surface area (Å²) in [5.74, 6) is 0.863. The Bertz CT molecular complexity index is 513. The van der Waals surface area contributed by atoms with Crippen molar-refractivity contribution in [2.24, 2.45) is 5.73 Å². The smallest absolute Gasteiger partial charge is 0.155 e. The molecule has 0 aliphatic carbocycles. The van der Waals surface area contributed by atoms with Crippen LogP contribution in [0.3, 0.4) is 0 Å². The summed E-state index contributed by atoms with van der Waals surface area (Å²) >= 11 is 0. The van der Waals surface area contributed by atoms with Gasteiger partial charge >= 0.3 is 0 Å². The maximum absolute atomic E-state index is 6.18. The molecule has 3 heteroatoms. The van der Waals surface area contributed by atoms with E-state index in [9.17, 15) is 0 Å². The second-order valence-corrected chi connectivity index (χ2v) is 4.63. The van der Waals surface area contributed by atoms with Gasteiger partial charge in [-0.2, -0.15) is 0 Å². The second-order valence-electron chi connectivity index (χ2n) is 4.63. The molecule has 0 saturated carbocycles. The van der Waals surface area contributed by atoms with E-state index in [4.69, 9.17) is 10.5 Å². The van der Waals surface area contributed by atoms with Gasteiger partial charge in [0.2, 0.25) is 0 Å². The van der Waals surface area contributed by atoms with Crippen LogP contribution < -0.4 is 10.5 Å². The number of hydrogen-bond donors (Lipinski definition) is 1. The Kier molecular flexibility index (Phi) is 4.53. The summed E-state index contributed by atoms with van der Waals surface area (Å²) in [7, 11) is 0. The molecule has 1 aromatic heterocycles.